The molecule has 0 spiro atoms. The van der Waals surface area contributed by atoms with Gasteiger partial charge in [0.05, 0.1) is 52.9 Å². The van der Waals surface area contributed by atoms with Crippen LogP contribution in [0.5, 0.6) is 0 Å². The molecule has 11 atom stereocenters. The number of rotatable bonds is 90. The van der Waals surface area contributed by atoms with Crippen molar-refractivity contribution in [1.82, 2.24) is 14.7 Å². The van der Waals surface area contributed by atoms with E-state index in [0.717, 1.165) is 212 Å². The zero-order valence-electron chi connectivity index (χ0n) is 79.1. The smallest absolute Gasteiger partial charge is 0.224 e. The van der Waals surface area contributed by atoms with E-state index in [1.165, 1.54) is 231 Å². The lowest BCUT2D eigenvalue weighted by molar-refractivity contribution is -0.277. The zero-order chi connectivity index (χ0) is 86.1. The molecule has 3 amide bonds. The van der Waals surface area contributed by atoms with E-state index in [1.807, 2.05) is 0 Å². The molecule has 0 aromatic heterocycles. The molecule has 15 nitrogen and oxygen atoms in total. The van der Waals surface area contributed by atoms with Gasteiger partial charge in [0.2, 0.25) is 17.7 Å². The fourth-order valence-corrected chi connectivity index (χ4v) is 22.9. The van der Waals surface area contributed by atoms with Crippen LogP contribution in [-0.4, -0.2) is 159 Å². The number of amides is 3. The topological polar surface area (TPSA) is 260 Å². The Kier molecular flexibility index (Phi) is 65.5. The molecule has 4 saturated carbocycles. The first-order valence-corrected chi connectivity index (χ1v) is 52.5. The van der Waals surface area contributed by atoms with Gasteiger partial charge < -0.3 is 47.8 Å². The van der Waals surface area contributed by atoms with Gasteiger partial charge in [0.1, 0.15) is 0 Å². The maximum absolute atomic E-state index is 15.6. The first-order valence-electron chi connectivity index (χ1n) is 52.5. The highest BCUT2D eigenvalue weighted by atomic mass is 16.3. The van der Waals surface area contributed by atoms with E-state index in [4.69, 9.17) is 17.2 Å². The fourth-order valence-electron chi connectivity index (χ4n) is 22.9. The molecule has 0 heterocycles. The lowest BCUT2D eigenvalue weighted by atomic mass is 9.25. The second-order valence-electron chi connectivity index (χ2n) is 39.9. The van der Waals surface area contributed by atoms with Crippen molar-refractivity contribution in [1.29, 1.82) is 0 Å². The molecule has 4 bridgehead atoms. The van der Waals surface area contributed by atoms with Gasteiger partial charge in [0.15, 0.2) is 0 Å². The molecule has 4 aliphatic rings. The monoisotopic (exact) mass is 1670 g/mol. The summed E-state index contributed by atoms with van der Waals surface area (Å²) in [5.41, 5.74) is 16.7. The van der Waals surface area contributed by atoms with Gasteiger partial charge in [-0.15, -0.1) is 0 Å². The standard InChI is InChI=1S/C103H202N6O9/c1-7-13-19-25-31-37-43-55-67-90(110)82-107(83-91(111)68-56-44-38-32-26-20-14-8-2)76-64-52-49-61-73-96-100(97(104)116)79-89-80-101(88-100,98(105)117)102(103(96,81-89)99(106)118,74-62-50-53-65-77-108(84-92(112)69-57-45-39-33-27-21-15-9-3)85-93(113)70-58-46-40-34-28-22-16-10-4)75-63-51-54-66-78-109(86-94(114)71-59-47-41-35-29-23-17-11-5)87-95(115)72-60-48-42-36-30-24-18-12-6/h89-96,110-115H,7-88H2,1-6H3,(H2,104,116)(H2,105,117)(H2,106,118). The number of aliphatic hydroxyl groups is 6. The van der Waals surface area contributed by atoms with Crippen LogP contribution in [0.1, 0.15) is 510 Å². The number of hydrogen-bond acceptors (Lipinski definition) is 12. The van der Waals surface area contributed by atoms with Crippen LogP contribution < -0.4 is 17.2 Å². The Bertz CT molecular complexity index is 2200. The highest BCUT2D eigenvalue weighted by molar-refractivity contribution is 5.93. The number of hydrogen-bond donors (Lipinski definition) is 9. The summed E-state index contributed by atoms with van der Waals surface area (Å²) in [6.07, 6.45) is 74.5. The fraction of sp³-hybridized carbons (Fsp3) is 0.971. The molecule has 4 aliphatic carbocycles. The lowest BCUT2D eigenvalue weighted by Crippen LogP contribution is -2.79. The van der Waals surface area contributed by atoms with Crippen LogP contribution in [0.3, 0.4) is 0 Å². The Morgan fingerprint density at radius 2 is 0.508 bits per heavy atom. The minimum Gasteiger partial charge on any atom is -0.392 e. The number of primary amides is 3. The first kappa shape index (κ1) is 110. The van der Waals surface area contributed by atoms with Gasteiger partial charge in [-0.2, -0.15) is 0 Å². The second-order valence-corrected chi connectivity index (χ2v) is 39.9. The molecular formula is C103H202N6O9. The van der Waals surface area contributed by atoms with Crippen LogP contribution in [0, 0.1) is 33.5 Å². The molecule has 118 heavy (non-hydrogen) atoms. The van der Waals surface area contributed by atoms with Crippen LogP contribution in [0.2, 0.25) is 0 Å². The third-order valence-corrected chi connectivity index (χ3v) is 29.5. The predicted molar refractivity (Wildman–Crippen MR) is 501 cm³/mol. The summed E-state index contributed by atoms with van der Waals surface area (Å²) >= 11 is 0. The van der Waals surface area contributed by atoms with Crippen molar-refractivity contribution >= 4 is 17.7 Å². The highest BCUT2D eigenvalue weighted by Crippen LogP contribution is 2.82. The predicted octanol–water partition coefficient (Wildman–Crippen LogP) is 24.3. The van der Waals surface area contributed by atoms with E-state index in [0.29, 0.717) is 77.8 Å². The SMILES string of the molecule is CCCCCCCCCCC(O)CN(CCCCCCC1C2(C(N)=O)CC3CC(C(N)=O)(C2)C(CCCCCCN(CC(O)CCCCCCCCCC)CC(O)CCCCCCCCCC)(CCCCCCN(CC(O)CCCCCCCCCC)CC(O)CCCCCCCCCC)C1(C(N)=O)C3)CC(O)CCCCCCCCCC. The van der Waals surface area contributed by atoms with Gasteiger partial charge in [0.25, 0.3) is 0 Å². The average molecular weight is 1670 g/mol. The number of carbonyl (C=O) groups is 3. The molecule has 0 aliphatic heterocycles. The Morgan fingerprint density at radius 3 is 0.746 bits per heavy atom. The van der Waals surface area contributed by atoms with Crippen molar-refractivity contribution in [2.75, 3.05) is 58.9 Å². The molecule has 11 unspecified atom stereocenters. The molecule has 0 aromatic rings. The van der Waals surface area contributed by atoms with Crippen molar-refractivity contribution in [3.63, 3.8) is 0 Å². The molecule has 0 saturated heterocycles. The van der Waals surface area contributed by atoms with Crippen LogP contribution in [0.4, 0.5) is 0 Å². The van der Waals surface area contributed by atoms with Crippen molar-refractivity contribution in [3.8, 4) is 0 Å². The lowest BCUT2D eigenvalue weighted by Gasteiger charge is -2.76. The maximum Gasteiger partial charge on any atom is 0.224 e. The van der Waals surface area contributed by atoms with Crippen LogP contribution in [0.15, 0.2) is 0 Å². The maximum atomic E-state index is 15.6. The summed E-state index contributed by atoms with van der Waals surface area (Å²) in [6, 6.07) is 0. The molecule has 12 N–H and O–H groups in total. The summed E-state index contributed by atoms with van der Waals surface area (Å²) in [7, 11) is 0. The van der Waals surface area contributed by atoms with Crippen molar-refractivity contribution in [2.45, 2.75) is 547 Å². The van der Waals surface area contributed by atoms with Crippen LogP contribution in [-0.2, 0) is 14.4 Å². The number of aliphatic hydroxyl groups excluding tert-OH is 6. The summed E-state index contributed by atoms with van der Waals surface area (Å²) in [6.45, 7) is 19.2. The molecular weight excluding hydrogens is 1470 g/mol. The van der Waals surface area contributed by atoms with E-state index < -0.39 is 81.9 Å². The Labute approximate surface area is 729 Å². The van der Waals surface area contributed by atoms with Crippen LogP contribution in [0.25, 0.3) is 0 Å². The number of carbonyl (C=O) groups excluding carboxylic acids is 3. The molecule has 15 heteroatoms. The van der Waals surface area contributed by atoms with E-state index >= 15 is 9.59 Å². The van der Waals surface area contributed by atoms with Gasteiger partial charge in [-0.25, -0.2) is 0 Å². The van der Waals surface area contributed by atoms with Crippen molar-refractivity contribution in [3.05, 3.63) is 0 Å². The van der Waals surface area contributed by atoms with Gasteiger partial charge in [-0.1, -0.05) is 408 Å². The van der Waals surface area contributed by atoms with Gasteiger partial charge in [0, 0.05) is 39.3 Å². The Balaban J connectivity index is 1.97. The van der Waals surface area contributed by atoms with Gasteiger partial charge in [-0.05, 0) is 140 Å². The van der Waals surface area contributed by atoms with Crippen molar-refractivity contribution < 1.29 is 45.0 Å². The minimum absolute atomic E-state index is 0.0982. The second kappa shape index (κ2) is 70.2. The summed E-state index contributed by atoms with van der Waals surface area (Å²) in [5, 5.41) is 69.5. The summed E-state index contributed by atoms with van der Waals surface area (Å²) in [5.74, 6) is -1.79. The molecule has 698 valence electrons. The van der Waals surface area contributed by atoms with E-state index in [2.05, 4.69) is 56.2 Å². The molecule has 4 fully saturated rings. The number of nitrogens with zero attached hydrogens (tertiary/aromatic N) is 3. The average Bonchev–Trinajstić information content (AvgIpc) is 0.645. The van der Waals surface area contributed by atoms with Gasteiger partial charge in [-0.3, -0.25) is 29.1 Å². The molecule has 0 aromatic carbocycles. The summed E-state index contributed by atoms with van der Waals surface area (Å²) in [4.78, 5) is 52.6. The minimum atomic E-state index is -1.19. The molecule has 4 rings (SSSR count). The number of unbranched alkanes of at least 4 members (excludes halogenated alkanes) is 51. The zero-order valence-corrected chi connectivity index (χ0v) is 79.1. The Hall–Kier alpha value is -1.95. The van der Waals surface area contributed by atoms with Crippen LogP contribution >= 0.6 is 0 Å². The normalized spacial score (nSPS) is 21.4. The van der Waals surface area contributed by atoms with Gasteiger partial charge >= 0.3 is 0 Å². The largest absolute Gasteiger partial charge is 0.392 e. The molecule has 0 radical (unpaired) electrons. The van der Waals surface area contributed by atoms with E-state index in [1.54, 1.807) is 0 Å². The first-order chi connectivity index (χ1) is 57.3. The third kappa shape index (κ3) is 45.0. The van der Waals surface area contributed by atoms with E-state index in [-0.39, 0.29) is 12.3 Å². The quantitative estimate of drug-likeness (QED) is 0.0258. The van der Waals surface area contributed by atoms with Crippen molar-refractivity contribution in [2.24, 2.45) is 50.7 Å². The highest BCUT2D eigenvalue weighted by Gasteiger charge is 2.82. The summed E-state index contributed by atoms with van der Waals surface area (Å²) < 4.78 is 0. The van der Waals surface area contributed by atoms with E-state index in [9.17, 15) is 35.4 Å². The number of nitrogens with two attached hydrogens (primary N) is 3. The third-order valence-electron chi connectivity index (χ3n) is 29.5. The Morgan fingerprint density at radius 1 is 0.280 bits per heavy atom.